The first-order chi connectivity index (χ1) is 11.0. The van der Waals surface area contributed by atoms with Crippen LogP contribution in [-0.2, 0) is 19.1 Å². The number of nitrogens with zero attached hydrogens (tertiary/aromatic N) is 1. The van der Waals surface area contributed by atoms with Crippen LogP contribution in [0.15, 0.2) is 0 Å². The monoisotopic (exact) mass is 325 g/mol. The van der Waals surface area contributed by atoms with Crippen molar-refractivity contribution in [1.82, 2.24) is 15.5 Å². The fraction of sp³-hybridized carbons (Fsp3) is 0.812. The lowest BCUT2D eigenvalue weighted by molar-refractivity contribution is -0.146. The first-order valence-corrected chi connectivity index (χ1v) is 8.39. The maximum absolute atomic E-state index is 12.3. The van der Waals surface area contributed by atoms with E-state index in [1.165, 1.54) is 13.5 Å². The van der Waals surface area contributed by atoms with Crippen molar-refractivity contribution in [2.45, 2.75) is 51.1 Å². The number of carbonyl (C=O) groups is 3. The molecule has 7 heteroatoms. The van der Waals surface area contributed by atoms with Gasteiger partial charge >= 0.3 is 5.97 Å². The van der Waals surface area contributed by atoms with Gasteiger partial charge in [0.05, 0.1) is 20.1 Å². The second-order valence-corrected chi connectivity index (χ2v) is 6.49. The normalized spacial score (nSPS) is 28.8. The number of ether oxygens (including phenoxy) is 1. The molecule has 3 atom stereocenters. The predicted octanol–water partition coefficient (Wildman–Crippen LogP) is 0.0448. The molecule has 1 aliphatic carbocycles. The highest BCUT2D eigenvalue weighted by molar-refractivity contribution is 5.88. The molecule has 0 radical (unpaired) electrons. The number of amides is 2. The highest BCUT2D eigenvalue weighted by Gasteiger charge is 2.33. The van der Waals surface area contributed by atoms with Gasteiger partial charge in [-0.15, -0.1) is 0 Å². The van der Waals surface area contributed by atoms with Crippen LogP contribution in [-0.4, -0.2) is 61.5 Å². The summed E-state index contributed by atoms with van der Waals surface area (Å²) in [4.78, 5) is 37.6. The van der Waals surface area contributed by atoms with E-state index in [2.05, 4.69) is 22.3 Å². The molecule has 2 amide bonds. The summed E-state index contributed by atoms with van der Waals surface area (Å²) in [6, 6.07) is -0.417. The molecule has 0 aromatic rings. The van der Waals surface area contributed by atoms with Crippen molar-refractivity contribution >= 4 is 17.8 Å². The van der Waals surface area contributed by atoms with Gasteiger partial charge in [0, 0.05) is 19.1 Å². The lowest BCUT2D eigenvalue weighted by atomic mass is 9.86. The Balaban J connectivity index is 1.91. The van der Waals surface area contributed by atoms with Crippen molar-refractivity contribution in [3.8, 4) is 0 Å². The van der Waals surface area contributed by atoms with Crippen LogP contribution in [0.1, 0.15) is 39.0 Å². The number of rotatable bonds is 5. The van der Waals surface area contributed by atoms with Gasteiger partial charge in [0.25, 0.3) is 0 Å². The highest BCUT2D eigenvalue weighted by atomic mass is 16.5. The maximum atomic E-state index is 12.3. The molecule has 0 unspecified atom stereocenters. The quantitative estimate of drug-likeness (QED) is 0.697. The SMILES string of the molecule is COC(=O)C[C@@H]1C(=O)NCCN1CC(=O)N[C@@H]1CCCC[C@H]1C. The van der Waals surface area contributed by atoms with Gasteiger partial charge in [0.2, 0.25) is 11.8 Å². The minimum atomic E-state index is -0.634. The fourth-order valence-corrected chi connectivity index (χ4v) is 3.38. The van der Waals surface area contributed by atoms with Gasteiger partial charge in [-0.1, -0.05) is 19.8 Å². The minimum Gasteiger partial charge on any atom is -0.469 e. The predicted molar refractivity (Wildman–Crippen MR) is 84.6 cm³/mol. The van der Waals surface area contributed by atoms with Crippen LogP contribution in [0.2, 0.25) is 0 Å². The van der Waals surface area contributed by atoms with Crippen molar-refractivity contribution in [2.75, 3.05) is 26.7 Å². The van der Waals surface area contributed by atoms with Crippen molar-refractivity contribution in [2.24, 2.45) is 5.92 Å². The van der Waals surface area contributed by atoms with Crippen molar-refractivity contribution < 1.29 is 19.1 Å². The zero-order valence-electron chi connectivity index (χ0n) is 14.0. The molecular weight excluding hydrogens is 298 g/mol. The molecular formula is C16H27N3O4. The molecule has 1 aliphatic heterocycles. The number of hydrogen-bond donors (Lipinski definition) is 2. The largest absolute Gasteiger partial charge is 0.469 e. The summed E-state index contributed by atoms with van der Waals surface area (Å²) >= 11 is 0. The molecule has 23 heavy (non-hydrogen) atoms. The Morgan fingerprint density at radius 1 is 1.35 bits per heavy atom. The summed E-state index contributed by atoms with van der Waals surface area (Å²) in [6.45, 7) is 3.35. The third kappa shape index (κ3) is 4.92. The zero-order chi connectivity index (χ0) is 16.8. The second-order valence-electron chi connectivity index (χ2n) is 6.49. The Hall–Kier alpha value is -1.63. The number of hydrogen-bond acceptors (Lipinski definition) is 5. The topological polar surface area (TPSA) is 87.7 Å². The molecule has 2 N–H and O–H groups in total. The van der Waals surface area contributed by atoms with E-state index in [1.807, 2.05) is 0 Å². The third-order valence-corrected chi connectivity index (χ3v) is 4.83. The summed E-state index contributed by atoms with van der Waals surface area (Å²) in [5, 5.41) is 5.82. The van der Waals surface area contributed by atoms with Crippen LogP contribution in [0.4, 0.5) is 0 Å². The lowest BCUT2D eigenvalue weighted by Gasteiger charge is -2.35. The van der Waals surface area contributed by atoms with Gasteiger partial charge < -0.3 is 15.4 Å². The van der Waals surface area contributed by atoms with Gasteiger partial charge in [-0.25, -0.2) is 0 Å². The molecule has 0 bridgehead atoms. The molecule has 1 saturated heterocycles. The molecule has 1 saturated carbocycles. The van der Waals surface area contributed by atoms with E-state index in [4.69, 9.17) is 0 Å². The van der Waals surface area contributed by atoms with E-state index < -0.39 is 12.0 Å². The standard InChI is InChI=1S/C16H27N3O4/c1-11-5-3-4-6-12(11)18-14(20)10-19-8-7-17-16(22)13(19)9-15(21)23-2/h11-13H,3-10H2,1-2H3,(H,17,22)(H,18,20)/t11-,12-,13-/m1/s1. The molecule has 0 aromatic heterocycles. The summed E-state index contributed by atoms with van der Waals surface area (Å²) in [6.07, 6.45) is 4.49. The average molecular weight is 325 g/mol. The first-order valence-electron chi connectivity index (χ1n) is 8.39. The molecule has 1 heterocycles. The van der Waals surface area contributed by atoms with Crippen LogP contribution < -0.4 is 10.6 Å². The number of piperazine rings is 1. The van der Waals surface area contributed by atoms with Crippen LogP contribution in [0.25, 0.3) is 0 Å². The Bertz CT molecular complexity index is 455. The number of esters is 1. The van der Waals surface area contributed by atoms with Crippen LogP contribution >= 0.6 is 0 Å². The van der Waals surface area contributed by atoms with E-state index in [-0.39, 0.29) is 30.8 Å². The van der Waals surface area contributed by atoms with Crippen molar-refractivity contribution in [1.29, 1.82) is 0 Å². The number of nitrogens with one attached hydrogen (secondary N) is 2. The molecule has 130 valence electrons. The summed E-state index contributed by atoms with van der Waals surface area (Å²) in [7, 11) is 1.30. The number of methoxy groups -OCH3 is 1. The first kappa shape index (κ1) is 17.7. The smallest absolute Gasteiger partial charge is 0.307 e. The van der Waals surface area contributed by atoms with Gasteiger partial charge in [-0.05, 0) is 18.8 Å². The lowest BCUT2D eigenvalue weighted by Crippen LogP contribution is -2.58. The van der Waals surface area contributed by atoms with E-state index >= 15 is 0 Å². The van der Waals surface area contributed by atoms with E-state index in [0.717, 1.165) is 19.3 Å². The molecule has 0 spiro atoms. The zero-order valence-corrected chi connectivity index (χ0v) is 14.0. The Morgan fingerprint density at radius 2 is 2.09 bits per heavy atom. The fourth-order valence-electron chi connectivity index (χ4n) is 3.38. The molecule has 0 aromatic carbocycles. The number of carbonyl (C=O) groups excluding carboxylic acids is 3. The maximum Gasteiger partial charge on any atom is 0.307 e. The van der Waals surface area contributed by atoms with E-state index in [0.29, 0.717) is 19.0 Å². The van der Waals surface area contributed by atoms with Gasteiger partial charge in [-0.2, -0.15) is 0 Å². The van der Waals surface area contributed by atoms with E-state index in [1.54, 1.807) is 4.90 Å². The highest BCUT2D eigenvalue weighted by Crippen LogP contribution is 2.23. The Morgan fingerprint density at radius 3 is 2.78 bits per heavy atom. The molecule has 7 nitrogen and oxygen atoms in total. The summed E-state index contributed by atoms with van der Waals surface area (Å²) in [5.74, 6) is -0.254. The average Bonchev–Trinajstić information content (AvgIpc) is 2.52. The molecule has 2 aliphatic rings. The Kier molecular flexibility index (Phi) is 6.38. The van der Waals surface area contributed by atoms with Gasteiger partial charge in [0.15, 0.2) is 0 Å². The molecule has 2 rings (SSSR count). The van der Waals surface area contributed by atoms with Crippen LogP contribution in [0, 0.1) is 5.92 Å². The van der Waals surface area contributed by atoms with Crippen LogP contribution in [0.5, 0.6) is 0 Å². The van der Waals surface area contributed by atoms with Gasteiger partial charge in [-0.3, -0.25) is 19.3 Å². The summed E-state index contributed by atoms with van der Waals surface area (Å²) < 4.78 is 4.64. The van der Waals surface area contributed by atoms with Crippen LogP contribution in [0.3, 0.4) is 0 Å². The van der Waals surface area contributed by atoms with Crippen molar-refractivity contribution in [3.63, 3.8) is 0 Å². The van der Waals surface area contributed by atoms with E-state index in [9.17, 15) is 14.4 Å². The Labute approximate surface area is 137 Å². The summed E-state index contributed by atoms with van der Waals surface area (Å²) in [5.41, 5.74) is 0. The van der Waals surface area contributed by atoms with Crippen molar-refractivity contribution in [3.05, 3.63) is 0 Å². The van der Waals surface area contributed by atoms with Gasteiger partial charge in [0.1, 0.15) is 6.04 Å². The molecule has 2 fully saturated rings. The third-order valence-electron chi connectivity index (χ3n) is 4.83. The second kappa shape index (κ2) is 8.29. The minimum absolute atomic E-state index is 0.0323.